The molecule has 0 N–H and O–H groups in total. The van der Waals surface area contributed by atoms with Crippen LogP contribution >= 0.6 is 0 Å². The molecule has 1 amide bonds. The van der Waals surface area contributed by atoms with Gasteiger partial charge in [-0.05, 0) is 13.0 Å². The molecule has 0 aromatic carbocycles. The molecule has 68 valence electrons. The summed E-state index contributed by atoms with van der Waals surface area (Å²) in [5.74, 6) is -0.163. The first-order chi connectivity index (χ1) is 6.20. The lowest BCUT2D eigenvalue weighted by molar-refractivity contribution is -0.138. The quantitative estimate of drug-likeness (QED) is 0.515. The van der Waals surface area contributed by atoms with Crippen LogP contribution in [0.15, 0.2) is 23.9 Å². The molecule has 0 aromatic rings. The molecule has 2 aliphatic heterocycles. The van der Waals surface area contributed by atoms with Gasteiger partial charge in [0.15, 0.2) is 5.78 Å². The molecule has 0 spiro atoms. The number of allylic oxidation sites excluding steroid dienone is 3. The summed E-state index contributed by atoms with van der Waals surface area (Å²) >= 11 is 0. The normalized spacial score (nSPS) is 27.3. The van der Waals surface area contributed by atoms with E-state index in [0.717, 1.165) is 5.70 Å². The van der Waals surface area contributed by atoms with Crippen LogP contribution in [0.4, 0.5) is 0 Å². The van der Waals surface area contributed by atoms with Crippen molar-refractivity contribution in [1.82, 2.24) is 4.90 Å². The number of nitrogens with zero attached hydrogens (tertiary/aromatic N) is 1. The Morgan fingerprint density at radius 2 is 2.23 bits per heavy atom. The van der Waals surface area contributed by atoms with E-state index in [2.05, 4.69) is 0 Å². The molecule has 1 atom stereocenters. The Balaban J connectivity index is 2.37. The number of carbonyl (C=O) groups excluding carboxylic acids is 2. The van der Waals surface area contributed by atoms with E-state index in [1.807, 2.05) is 25.2 Å². The van der Waals surface area contributed by atoms with Gasteiger partial charge in [0.05, 0.1) is 12.3 Å². The molecule has 0 bridgehead atoms. The molecular formula is C10H11NO2. The predicted octanol–water partition coefficient (Wildman–Crippen LogP) is 0.878. The largest absolute Gasteiger partial charge is 0.311 e. The third kappa shape index (κ3) is 1.20. The smallest absolute Gasteiger partial charge is 0.234 e. The Bertz CT molecular complexity index is 328. The SMILES string of the molecule is CC1C(=O)CC(=O)N2CC=CC=C12. The molecule has 0 aliphatic carbocycles. The van der Waals surface area contributed by atoms with Crippen molar-refractivity contribution in [2.45, 2.75) is 13.3 Å². The highest BCUT2D eigenvalue weighted by Gasteiger charge is 2.33. The van der Waals surface area contributed by atoms with Crippen LogP contribution in [0, 0.1) is 5.92 Å². The fourth-order valence-corrected chi connectivity index (χ4v) is 1.71. The van der Waals surface area contributed by atoms with E-state index in [0.29, 0.717) is 6.54 Å². The van der Waals surface area contributed by atoms with E-state index in [1.165, 1.54) is 0 Å². The van der Waals surface area contributed by atoms with Gasteiger partial charge in [-0.3, -0.25) is 9.59 Å². The maximum atomic E-state index is 11.4. The van der Waals surface area contributed by atoms with Crippen molar-refractivity contribution in [3.8, 4) is 0 Å². The van der Waals surface area contributed by atoms with E-state index >= 15 is 0 Å². The zero-order valence-corrected chi connectivity index (χ0v) is 7.49. The predicted molar refractivity (Wildman–Crippen MR) is 47.7 cm³/mol. The van der Waals surface area contributed by atoms with E-state index in [-0.39, 0.29) is 24.0 Å². The fraction of sp³-hybridized carbons (Fsp3) is 0.400. The molecule has 1 saturated heterocycles. The number of fused-ring (bicyclic) bond motifs is 1. The first-order valence-corrected chi connectivity index (χ1v) is 4.40. The Morgan fingerprint density at radius 3 is 3.00 bits per heavy atom. The van der Waals surface area contributed by atoms with Crippen molar-refractivity contribution >= 4 is 11.7 Å². The second kappa shape index (κ2) is 2.83. The summed E-state index contributed by atoms with van der Waals surface area (Å²) in [6, 6.07) is 0. The van der Waals surface area contributed by atoms with E-state index in [4.69, 9.17) is 0 Å². The summed E-state index contributed by atoms with van der Waals surface area (Å²) in [6.45, 7) is 2.47. The number of ketones is 1. The van der Waals surface area contributed by atoms with E-state index in [1.54, 1.807) is 4.90 Å². The van der Waals surface area contributed by atoms with Crippen LogP contribution in [-0.4, -0.2) is 23.1 Å². The molecule has 2 rings (SSSR count). The molecule has 13 heavy (non-hydrogen) atoms. The lowest BCUT2D eigenvalue weighted by Gasteiger charge is -2.33. The Hall–Kier alpha value is -1.38. The molecule has 2 heterocycles. The molecular weight excluding hydrogens is 166 g/mol. The van der Waals surface area contributed by atoms with Gasteiger partial charge in [0.25, 0.3) is 0 Å². The van der Waals surface area contributed by atoms with Crippen molar-refractivity contribution in [2.24, 2.45) is 5.92 Å². The van der Waals surface area contributed by atoms with Crippen molar-refractivity contribution in [3.05, 3.63) is 23.9 Å². The zero-order chi connectivity index (χ0) is 9.42. The molecule has 0 saturated carbocycles. The van der Waals surface area contributed by atoms with Gasteiger partial charge in [-0.1, -0.05) is 12.2 Å². The van der Waals surface area contributed by atoms with E-state index in [9.17, 15) is 9.59 Å². The molecule has 0 radical (unpaired) electrons. The highest BCUT2D eigenvalue weighted by molar-refractivity contribution is 6.04. The van der Waals surface area contributed by atoms with Crippen molar-refractivity contribution in [1.29, 1.82) is 0 Å². The van der Waals surface area contributed by atoms with E-state index < -0.39 is 0 Å². The maximum Gasteiger partial charge on any atom is 0.234 e. The minimum atomic E-state index is -0.123. The Labute approximate surface area is 76.7 Å². The first kappa shape index (κ1) is 8.23. The topological polar surface area (TPSA) is 37.4 Å². The number of amides is 1. The van der Waals surface area contributed by atoms with Gasteiger partial charge in [-0.2, -0.15) is 0 Å². The highest BCUT2D eigenvalue weighted by atomic mass is 16.2. The third-order valence-corrected chi connectivity index (χ3v) is 2.56. The lowest BCUT2D eigenvalue weighted by Crippen LogP contribution is -2.42. The lowest BCUT2D eigenvalue weighted by atomic mass is 9.92. The molecule has 3 heteroatoms. The summed E-state index contributed by atoms with van der Waals surface area (Å²) < 4.78 is 0. The number of carbonyl (C=O) groups is 2. The van der Waals surface area contributed by atoms with Crippen LogP contribution in [0.5, 0.6) is 0 Å². The Morgan fingerprint density at radius 1 is 1.46 bits per heavy atom. The maximum absolute atomic E-state index is 11.4. The molecule has 1 unspecified atom stereocenters. The minimum absolute atomic E-state index is 0.0304. The summed E-state index contributed by atoms with van der Waals surface area (Å²) in [5, 5.41) is 0. The highest BCUT2D eigenvalue weighted by Crippen LogP contribution is 2.26. The van der Waals surface area contributed by atoms with Crippen LogP contribution in [-0.2, 0) is 9.59 Å². The molecule has 2 aliphatic rings. The van der Waals surface area contributed by atoms with Crippen LogP contribution in [0.1, 0.15) is 13.3 Å². The van der Waals surface area contributed by atoms with Gasteiger partial charge in [-0.15, -0.1) is 0 Å². The van der Waals surface area contributed by atoms with Gasteiger partial charge in [0.2, 0.25) is 5.91 Å². The average Bonchev–Trinajstić information content (AvgIpc) is 2.15. The minimum Gasteiger partial charge on any atom is -0.311 e. The average molecular weight is 177 g/mol. The van der Waals surface area contributed by atoms with Crippen molar-refractivity contribution in [2.75, 3.05) is 6.54 Å². The Kier molecular flexibility index (Phi) is 1.79. The summed E-state index contributed by atoms with van der Waals surface area (Å²) in [5.41, 5.74) is 0.851. The molecule has 3 nitrogen and oxygen atoms in total. The number of hydrogen-bond acceptors (Lipinski definition) is 2. The molecule has 1 fully saturated rings. The standard InChI is InChI=1S/C10H11NO2/c1-7-8-4-2-3-5-11(8)10(13)6-9(7)12/h2-4,7H,5-6H2,1H3. The van der Waals surface area contributed by atoms with Gasteiger partial charge >= 0.3 is 0 Å². The van der Waals surface area contributed by atoms with Crippen LogP contribution in [0.3, 0.4) is 0 Å². The van der Waals surface area contributed by atoms with Crippen LogP contribution in [0.25, 0.3) is 0 Å². The van der Waals surface area contributed by atoms with Crippen molar-refractivity contribution in [3.63, 3.8) is 0 Å². The number of rotatable bonds is 0. The second-order valence-electron chi connectivity index (χ2n) is 3.39. The van der Waals surface area contributed by atoms with Gasteiger partial charge in [0.1, 0.15) is 0 Å². The second-order valence-corrected chi connectivity index (χ2v) is 3.39. The summed E-state index contributed by atoms with van der Waals surface area (Å²) in [7, 11) is 0. The van der Waals surface area contributed by atoms with Crippen LogP contribution < -0.4 is 0 Å². The number of Topliss-reactive ketones (excluding diaryl/α,β-unsaturated/α-hetero) is 1. The third-order valence-electron chi connectivity index (χ3n) is 2.56. The summed E-state index contributed by atoms with van der Waals surface area (Å²) in [6.07, 6.45) is 5.73. The van der Waals surface area contributed by atoms with Crippen molar-refractivity contribution < 1.29 is 9.59 Å². The number of hydrogen-bond donors (Lipinski definition) is 0. The summed E-state index contributed by atoms with van der Waals surface area (Å²) in [4.78, 5) is 24.4. The van der Waals surface area contributed by atoms with Crippen LogP contribution in [0.2, 0.25) is 0 Å². The first-order valence-electron chi connectivity index (χ1n) is 4.40. The van der Waals surface area contributed by atoms with Gasteiger partial charge in [0, 0.05) is 12.2 Å². The van der Waals surface area contributed by atoms with Gasteiger partial charge < -0.3 is 4.90 Å². The monoisotopic (exact) mass is 177 g/mol. The number of piperidine rings is 1. The molecule has 0 aromatic heterocycles. The fourth-order valence-electron chi connectivity index (χ4n) is 1.71. The zero-order valence-electron chi connectivity index (χ0n) is 7.49. The van der Waals surface area contributed by atoms with Gasteiger partial charge in [-0.25, -0.2) is 0 Å².